The van der Waals surface area contributed by atoms with Crippen LogP contribution in [0.3, 0.4) is 0 Å². The normalized spacial score (nSPS) is 23.8. The number of carboxylic acids is 1. The molecule has 2 aromatic rings. The van der Waals surface area contributed by atoms with E-state index in [9.17, 15) is 19.5 Å². The number of hydrogen-bond acceptors (Lipinski definition) is 4. The van der Waals surface area contributed by atoms with Gasteiger partial charge in [0.15, 0.2) is 0 Å². The van der Waals surface area contributed by atoms with Crippen LogP contribution >= 0.6 is 0 Å². The first-order chi connectivity index (χ1) is 16.0. The average Bonchev–Trinajstić information content (AvgIpc) is 3.55. The number of fused-ring (bicyclic) bond motifs is 3. The number of amides is 2. The highest BCUT2D eigenvalue weighted by Gasteiger charge is 2.40. The topological polar surface area (TPSA) is 95.9 Å². The number of carboxylic acid groups (broad SMARTS) is 1. The zero-order chi connectivity index (χ0) is 22.9. The lowest BCUT2D eigenvalue weighted by atomic mass is 9.98. The number of carbonyl (C=O) groups excluding carboxylic acids is 2. The molecular weight excluding hydrogens is 420 g/mol. The second kappa shape index (κ2) is 8.89. The van der Waals surface area contributed by atoms with Crippen LogP contribution in [0.5, 0.6) is 0 Å². The van der Waals surface area contributed by atoms with Crippen LogP contribution < -0.4 is 5.32 Å². The molecule has 3 aliphatic rings. The molecule has 0 spiro atoms. The smallest absolute Gasteiger partial charge is 0.407 e. The summed E-state index contributed by atoms with van der Waals surface area (Å²) in [4.78, 5) is 38.3. The van der Waals surface area contributed by atoms with E-state index in [4.69, 9.17) is 4.74 Å². The number of alkyl carbamates (subject to hydrolysis) is 1. The lowest BCUT2D eigenvalue weighted by Gasteiger charge is -2.24. The van der Waals surface area contributed by atoms with Crippen LogP contribution in [0.15, 0.2) is 48.5 Å². The lowest BCUT2D eigenvalue weighted by Crippen LogP contribution is -2.43. The van der Waals surface area contributed by atoms with E-state index in [1.54, 1.807) is 0 Å². The van der Waals surface area contributed by atoms with E-state index in [0.717, 1.165) is 17.5 Å². The Kier molecular flexibility index (Phi) is 5.79. The van der Waals surface area contributed by atoms with E-state index in [0.29, 0.717) is 32.2 Å². The van der Waals surface area contributed by atoms with E-state index in [-0.39, 0.29) is 30.4 Å². The molecule has 0 aromatic heterocycles. The number of likely N-dealkylation sites (tertiary alicyclic amines) is 1. The summed E-state index contributed by atoms with van der Waals surface area (Å²) in [6, 6.07) is 15.5. The van der Waals surface area contributed by atoms with Gasteiger partial charge in [0.1, 0.15) is 12.6 Å². The summed E-state index contributed by atoms with van der Waals surface area (Å²) < 4.78 is 5.62. The molecule has 1 aliphatic heterocycles. The van der Waals surface area contributed by atoms with Crippen molar-refractivity contribution in [2.45, 2.75) is 50.1 Å². The van der Waals surface area contributed by atoms with Crippen molar-refractivity contribution in [2.24, 2.45) is 5.92 Å². The van der Waals surface area contributed by atoms with Crippen LogP contribution in [0.2, 0.25) is 0 Å². The second-order valence-corrected chi connectivity index (χ2v) is 9.20. The molecular formula is C26H28N2O5. The Balaban J connectivity index is 1.16. The van der Waals surface area contributed by atoms with Gasteiger partial charge in [-0.1, -0.05) is 48.5 Å². The highest BCUT2D eigenvalue weighted by Crippen LogP contribution is 2.44. The Hall–Kier alpha value is -3.35. The fraction of sp³-hybridized carbons (Fsp3) is 0.423. The van der Waals surface area contributed by atoms with Crippen molar-refractivity contribution in [3.05, 3.63) is 59.7 Å². The van der Waals surface area contributed by atoms with Crippen LogP contribution in [-0.4, -0.2) is 53.2 Å². The zero-order valence-electron chi connectivity index (χ0n) is 18.4. The second-order valence-electron chi connectivity index (χ2n) is 9.20. The first-order valence-corrected chi connectivity index (χ1v) is 11.7. The van der Waals surface area contributed by atoms with Crippen molar-refractivity contribution < 1.29 is 24.2 Å². The van der Waals surface area contributed by atoms with Crippen molar-refractivity contribution in [3.8, 4) is 11.1 Å². The number of nitrogens with zero attached hydrogens (tertiary/aromatic N) is 1. The number of rotatable bonds is 5. The Morgan fingerprint density at radius 1 is 0.970 bits per heavy atom. The van der Waals surface area contributed by atoms with Gasteiger partial charge in [-0.2, -0.15) is 0 Å². The number of aliphatic carboxylic acids is 1. The van der Waals surface area contributed by atoms with Gasteiger partial charge in [0.25, 0.3) is 0 Å². The predicted molar refractivity (Wildman–Crippen MR) is 122 cm³/mol. The summed E-state index contributed by atoms with van der Waals surface area (Å²) in [7, 11) is 0. The van der Waals surface area contributed by atoms with Gasteiger partial charge in [-0.25, -0.2) is 9.59 Å². The van der Waals surface area contributed by atoms with Gasteiger partial charge in [-0.05, 0) is 54.4 Å². The molecule has 7 nitrogen and oxygen atoms in total. The fourth-order valence-corrected chi connectivity index (χ4v) is 5.67. The van der Waals surface area contributed by atoms with Gasteiger partial charge < -0.3 is 20.1 Å². The van der Waals surface area contributed by atoms with Crippen molar-refractivity contribution in [1.82, 2.24) is 10.2 Å². The molecule has 1 saturated heterocycles. The summed E-state index contributed by atoms with van der Waals surface area (Å²) in [5.74, 6) is -1.28. The predicted octanol–water partition coefficient (Wildman–Crippen LogP) is 3.77. The molecule has 7 heteroatoms. The Morgan fingerprint density at radius 2 is 1.64 bits per heavy atom. The van der Waals surface area contributed by atoms with E-state index in [2.05, 4.69) is 29.6 Å². The average molecular weight is 449 g/mol. The van der Waals surface area contributed by atoms with E-state index in [1.165, 1.54) is 16.0 Å². The summed E-state index contributed by atoms with van der Waals surface area (Å²) in [6.07, 6.45) is 2.61. The molecule has 2 amide bonds. The molecule has 2 aliphatic carbocycles. The Morgan fingerprint density at radius 3 is 2.30 bits per heavy atom. The number of benzene rings is 2. The minimum absolute atomic E-state index is 0.00386. The summed E-state index contributed by atoms with van der Waals surface area (Å²) in [5.41, 5.74) is 4.69. The van der Waals surface area contributed by atoms with Crippen LogP contribution in [0.1, 0.15) is 49.1 Å². The Labute approximate surface area is 192 Å². The van der Waals surface area contributed by atoms with Gasteiger partial charge in [0.05, 0.1) is 0 Å². The molecule has 172 valence electrons. The van der Waals surface area contributed by atoms with Crippen molar-refractivity contribution in [1.29, 1.82) is 0 Å². The summed E-state index contributed by atoms with van der Waals surface area (Å²) >= 11 is 0. The number of ether oxygens (including phenoxy) is 1. The van der Waals surface area contributed by atoms with Crippen LogP contribution in [-0.2, 0) is 14.3 Å². The van der Waals surface area contributed by atoms with Gasteiger partial charge in [-0.15, -0.1) is 0 Å². The number of nitrogens with one attached hydrogen (secondary N) is 1. The summed E-state index contributed by atoms with van der Waals surface area (Å²) in [5, 5.41) is 12.3. The third kappa shape index (κ3) is 4.08. The SMILES string of the molecule is O=C(N[C@@H]1CC[C@H](C(=O)N2CCC[C@@H]2C(=O)O)C1)OCC1c2ccccc2-c2ccccc21. The molecule has 0 unspecified atom stereocenters. The van der Waals surface area contributed by atoms with Gasteiger partial charge in [0.2, 0.25) is 5.91 Å². The molecule has 33 heavy (non-hydrogen) atoms. The fourth-order valence-electron chi connectivity index (χ4n) is 5.67. The van der Waals surface area contributed by atoms with Crippen LogP contribution in [0.25, 0.3) is 11.1 Å². The lowest BCUT2D eigenvalue weighted by molar-refractivity contribution is -0.149. The molecule has 1 saturated carbocycles. The molecule has 0 bridgehead atoms. The highest BCUT2D eigenvalue weighted by molar-refractivity contribution is 5.86. The minimum atomic E-state index is -0.938. The van der Waals surface area contributed by atoms with Gasteiger partial charge >= 0.3 is 12.1 Å². The quantitative estimate of drug-likeness (QED) is 0.726. The molecule has 0 radical (unpaired) electrons. The molecule has 1 heterocycles. The molecule has 3 atom stereocenters. The highest BCUT2D eigenvalue weighted by atomic mass is 16.5. The van der Waals surface area contributed by atoms with Gasteiger partial charge in [-0.3, -0.25) is 4.79 Å². The number of carbonyl (C=O) groups is 3. The molecule has 2 fully saturated rings. The van der Waals surface area contributed by atoms with E-state index >= 15 is 0 Å². The maximum atomic E-state index is 12.8. The summed E-state index contributed by atoms with van der Waals surface area (Å²) in [6.45, 7) is 0.750. The van der Waals surface area contributed by atoms with Crippen molar-refractivity contribution in [3.63, 3.8) is 0 Å². The molecule has 2 N–H and O–H groups in total. The van der Waals surface area contributed by atoms with Gasteiger partial charge in [0, 0.05) is 24.4 Å². The third-order valence-corrected chi connectivity index (χ3v) is 7.27. The van der Waals surface area contributed by atoms with Crippen molar-refractivity contribution >= 4 is 18.0 Å². The first kappa shape index (κ1) is 21.5. The monoisotopic (exact) mass is 448 g/mol. The largest absolute Gasteiger partial charge is 0.480 e. The molecule has 2 aromatic carbocycles. The van der Waals surface area contributed by atoms with Crippen LogP contribution in [0, 0.1) is 5.92 Å². The Bertz CT molecular complexity index is 1040. The molecule has 5 rings (SSSR count). The third-order valence-electron chi connectivity index (χ3n) is 7.27. The maximum absolute atomic E-state index is 12.8. The minimum Gasteiger partial charge on any atom is -0.480 e. The number of hydrogen-bond donors (Lipinski definition) is 2. The maximum Gasteiger partial charge on any atom is 0.407 e. The van der Waals surface area contributed by atoms with Crippen LogP contribution in [0.4, 0.5) is 4.79 Å². The van der Waals surface area contributed by atoms with E-state index in [1.807, 2.05) is 24.3 Å². The van der Waals surface area contributed by atoms with Crippen molar-refractivity contribution in [2.75, 3.05) is 13.2 Å². The zero-order valence-corrected chi connectivity index (χ0v) is 18.4. The first-order valence-electron chi connectivity index (χ1n) is 11.7. The van der Waals surface area contributed by atoms with E-state index < -0.39 is 18.1 Å². The standard InChI is InChI=1S/C26H28N2O5/c29-24(28-13-5-10-23(28)25(30)31)16-11-12-17(14-16)27-26(32)33-15-22-20-8-3-1-6-18(20)19-7-2-4-9-21(19)22/h1-4,6-9,16-17,22-23H,5,10-15H2,(H,27,32)(H,30,31)/t16-,17+,23+/m0/s1.